The largest absolute Gasteiger partial charge is 0.480 e. The summed E-state index contributed by atoms with van der Waals surface area (Å²) in [6, 6.07) is 2.16. The number of halogens is 1. The minimum absolute atomic E-state index is 0.0471. The summed E-state index contributed by atoms with van der Waals surface area (Å²) in [7, 11) is 0. The molecule has 0 aliphatic carbocycles. The number of nitrogens with one attached hydrogen (secondary N) is 1. The Morgan fingerprint density at radius 2 is 2.26 bits per heavy atom. The number of nitro groups is 1. The summed E-state index contributed by atoms with van der Waals surface area (Å²) in [6.07, 6.45) is 1.88. The van der Waals surface area contributed by atoms with Gasteiger partial charge in [0.25, 0.3) is 5.69 Å². The van der Waals surface area contributed by atoms with Gasteiger partial charge in [0.1, 0.15) is 6.04 Å². The van der Waals surface area contributed by atoms with Crippen molar-refractivity contribution < 1.29 is 19.2 Å². The molecule has 0 saturated carbocycles. The molecule has 0 heterocycles. The summed E-state index contributed by atoms with van der Waals surface area (Å²) >= 11 is 0. The number of carboxylic acid groups (broad SMARTS) is 1. The second-order valence-corrected chi connectivity index (χ2v) is 4.10. The maximum atomic E-state index is 13.6. The molecule has 1 aromatic carbocycles. The molecule has 7 heteroatoms. The van der Waals surface area contributed by atoms with Gasteiger partial charge in [-0.2, -0.15) is 0 Å². The van der Waals surface area contributed by atoms with Crippen LogP contribution in [0.1, 0.15) is 26.2 Å². The third-order valence-corrected chi connectivity index (χ3v) is 2.64. The molecular weight excluding hydrogens is 255 g/mol. The van der Waals surface area contributed by atoms with E-state index in [0.717, 1.165) is 18.6 Å². The molecule has 0 saturated heterocycles. The molecule has 2 N–H and O–H groups in total. The van der Waals surface area contributed by atoms with E-state index in [9.17, 15) is 19.3 Å². The molecule has 0 radical (unpaired) electrons. The van der Waals surface area contributed by atoms with Crippen LogP contribution < -0.4 is 5.32 Å². The van der Waals surface area contributed by atoms with Crippen LogP contribution in [-0.4, -0.2) is 22.0 Å². The van der Waals surface area contributed by atoms with E-state index >= 15 is 0 Å². The average molecular weight is 270 g/mol. The number of non-ortho nitro benzene ring substituents is 1. The number of aliphatic carboxylic acids is 1. The summed E-state index contributed by atoms with van der Waals surface area (Å²) in [6.45, 7) is 1.92. The molecule has 19 heavy (non-hydrogen) atoms. The molecule has 0 bridgehead atoms. The predicted octanol–water partition coefficient (Wildman–Crippen LogP) is 2.79. The summed E-state index contributed by atoms with van der Waals surface area (Å²) in [5, 5.41) is 22.0. The van der Waals surface area contributed by atoms with E-state index in [1.807, 2.05) is 6.92 Å². The van der Waals surface area contributed by atoms with E-state index in [2.05, 4.69) is 5.32 Å². The zero-order chi connectivity index (χ0) is 14.4. The molecule has 0 aliphatic rings. The molecule has 1 aromatic rings. The van der Waals surface area contributed by atoms with Crippen molar-refractivity contribution in [2.24, 2.45) is 0 Å². The highest BCUT2D eigenvalue weighted by atomic mass is 19.1. The van der Waals surface area contributed by atoms with Crippen molar-refractivity contribution in [2.45, 2.75) is 32.2 Å². The lowest BCUT2D eigenvalue weighted by atomic mass is 10.1. The minimum atomic E-state index is -1.08. The van der Waals surface area contributed by atoms with Crippen LogP contribution in [-0.2, 0) is 4.79 Å². The Balaban J connectivity index is 2.84. The van der Waals surface area contributed by atoms with Crippen LogP contribution in [0.2, 0.25) is 0 Å². The monoisotopic (exact) mass is 270 g/mol. The van der Waals surface area contributed by atoms with Crippen molar-refractivity contribution in [1.82, 2.24) is 0 Å². The lowest BCUT2D eigenvalue weighted by molar-refractivity contribution is -0.385. The predicted molar refractivity (Wildman–Crippen MR) is 67.6 cm³/mol. The van der Waals surface area contributed by atoms with Gasteiger partial charge >= 0.3 is 5.97 Å². The highest BCUT2D eigenvalue weighted by Crippen LogP contribution is 2.22. The lowest BCUT2D eigenvalue weighted by Crippen LogP contribution is -2.29. The number of unbranched alkanes of at least 4 members (excludes halogenated alkanes) is 1. The Morgan fingerprint density at radius 3 is 2.74 bits per heavy atom. The summed E-state index contributed by atoms with van der Waals surface area (Å²) < 4.78 is 13.6. The van der Waals surface area contributed by atoms with Gasteiger partial charge in [-0.25, -0.2) is 9.18 Å². The van der Waals surface area contributed by atoms with E-state index in [-0.39, 0.29) is 11.4 Å². The van der Waals surface area contributed by atoms with Crippen LogP contribution in [0, 0.1) is 15.9 Å². The topological polar surface area (TPSA) is 92.5 Å². The number of rotatable bonds is 7. The van der Waals surface area contributed by atoms with Crippen molar-refractivity contribution in [1.29, 1.82) is 0 Å². The highest BCUT2D eigenvalue weighted by molar-refractivity contribution is 5.77. The van der Waals surface area contributed by atoms with Crippen molar-refractivity contribution in [2.75, 3.05) is 5.32 Å². The number of carbonyl (C=O) groups is 1. The van der Waals surface area contributed by atoms with E-state index < -0.39 is 22.8 Å². The fourth-order valence-electron chi connectivity index (χ4n) is 1.59. The lowest BCUT2D eigenvalue weighted by Gasteiger charge is -2.15. The van der Waals surface area contributed by atoms with Gasteiger partial charge in [0.2, 0.25) is 0 Å². The zero-order valence-electron chi connectivity index (χ0n) is 10.4. The molecule has 0 amide bonds. The molecule has 6 nitrogen and oxygen atoms in total. The molecular formula is C12H15FN2O4. The molecule has 0 spiro atoms. The summed E-state index contributed by atoms with van der Waals surface area (Å²) in [5.74, 6) is -1.91. The number of anilines is 1. The van der Waals surface area contributed by atoms with Crippen molar-refractivity contribution in [3.63, 3.8) is 0 Å². The smallest absolute Gasteiger partial charge is 0.326 e. The van der Waals surface area contributed by atoms with Crippen LogP contribution in [0.3, 0.4) is 0 Å². The van der Waals surface area contributed by atoms with Gasteiger partial charge in [0.05, 0.1) is 16.7 Å². The van der Waals surface area contributed by atoms with Gasteiger partial charge in [0, 0.05) is 6.07 Å². The molecule has 1 rings (SSSR count). The van der Waals surface area contributed by atoms with E-state index in [0.29, 0.717) is 12.8 Å². The Hall–Kier alpha value is -2.18. The quantitative estimate of drug-likeness (QED) is 0.587. The van der Waals surface area contributed by atoms with Crippen LogP contribution >= 0.6 is 0 Å². The highest BCUT2D eigenvalue weighted by Gasteiger charge is 2.19. The van der Waals surface area contributed by atoms with Gasteiger partial charge in [-0.15, -0.1) is 0 Å². The summed E-state index contributed by atoms with van der Waals surface area (Å²) in [4.78, 5) is 20.8. The van der Waals surface area contributed by atoms with Crippen molar-refractivity contribution >= 4 is 17.3 Å². The fourth-order valence-corrected chi connectivity index (χ4v) is 1.59. The van der Waals surface area contributed by atoms with Gasteiger partial charge in [0.15, 0.2) is 5.82 Å². The van der Waals surface area contributed by atoms with Crippen LogP contribution in [0.25, 0.3) is 0 Å². The van der Waals surface area contributed by atoms with E-state index in [1.54, 1.807) is 0 Å². The second kappa shape index (κ2) is 6.67. The summed E-state index contributed by atoms with van der Waals surface area (Å²) in [5.41, 5.74) is -0.419. The number of hydrogen-bond donors (Lipinski definition) is 2. The van der Waals surface area contributed by atoms with Gasteiger partial charge < -0.3 is 10.4 Å². The molecule has 0 aliphatic heterocycles. The number of benzene rings is 1. The van der Waals surface area contributed by atoms with Crippen molar-refractivity contribution in [3.05, 3.63) is 34.1 Å². The number of hydrogen-bond acceptors (Lipinski definition) is 4. The first-order valence-electron chi connectivity index (χ1n) is 5.89. The van der Waals surface area contributed by atoms with E-state index in [4.69, 9.17) is 5.11 Å². The Labute approximate surface area is 109 Å². The van der Waals surface area contributed by atoms with Crippen molar-refractivity contribution in [3.8, 4) is 0 Å². The third kappa shape index (κ3) is 4.20. The minimum Gasteiger partial charge on any atom is -0.480 e. The number of nitro benzene ring substituents is 1. The van der Waals surface area contributed by atoms with Gasteiger partial charge in [-0.05, 0) is 12.5 Å². The normalized spacial score (nSPS) is 11.9. The van der Waals surface area contributed by atoms with Crippen LogP contribution in [0.5, 0.6) is 0 Å². The Bertz CT molecular complexity index is 479. The number of nitrogens with zero attached hydrogens (tertiary/aromatic N) is 1. The molecule has 1 atom stereocenters. The second-order valence-electron chi connectivity index (χ2n) is 4.10. The van der Waals surface area contributed by atoms with Gasteiger partial charge in [-0.1, -0.05) is 19.8 Å². The van der Waals surface area contributed by atoms with Crippen LogP contribution in [0.15, 0.2) is 18.2 Å². The zero-order valence-corrected chi connectivity index (χ0v) is 10.4. The number of carboxylic acids is 1. The molecule has 1 unspecified atom stereocenters. The Morgan fingerprint density at radius 1 is 1.58 bits per heavy atom. The molecule has 0 aromatic heterocycles. The molecule has 104 valence electrons. The third-order valence-electron chi connectivity index (χ3n) is 2.64. The SMILES string of the molecule is CCCCC(Nc1ccc([N+](=O)[O-])cc1F)C(=O)O. The van der Waals surface area contributed by atoms with E-state index in [1.165, 1.54) is 6.07 Å². The first kappa shape index (κ1) is 14.9. The maximum Gasteiger partial charge on any atom is 0.326 e. The average Bonchev–Trinajstić information content (AvgIpc) is 2.35. The maximum absolute atomic E-state index is 13.6. The Kier molecular flexibility index (Phi) is 5.23. The molecule has 0 fully saturated rings. The van der Waals surface area contributed by atoms with Gasteiger partial charge in [-0.3, -0.25) is 10.1 Å². The standard InChI is InChI=1S/C12H15FN2O4/c1-2-3-4-11(12(16)17)14-10-6-5-8(15(18)19)7-9(10)13/h5-7,11,14H,2-4H2,1H3,(H,16,17). The fraction of sp³-hybridized carbons (Fsp3) is 0.417. The first-order valence-corrected chi connectivity index (χ1v) is 5.89. The van der Waals surface area contributed by atoms with Crippen LogP contribution in [0.4, 0.5) is 15.8 Å². The first-order chi connectivity index (χ1) is 8.95.